The number of aromatic hydroxyl groups is 1. The van der Waals surface area contributed by atoms with E-state index in [9.17, 15) is 5.11 Å². The fourth-order valence-corrected chi connectivity index (χ4v) is 4.21. The van der Waals surface area contributed by atoms with Gasteiger partial charge < -0.3 is 5.11 Å². The Morgan fingerprint density at radius 2 is 1.46 bits per heavy atom. The molecule has 28 heavy (non-hydrogen) atoms. The quantitative estimate of drug-likeness (QED) is 0.266. The average Bonchev–Trinajstić information content (AvgIpc) is 2.99. The van der Waals surface area contributed by atoms with E-state index in [0.29, 0.717) is 0 Å². The second-order valence-corrected chi connectivity index (χ2v) is 7.28. The molecule has 3 aromatic carbocycles. The van der Waals surface area contributed by atoms with Gasteiger partial charge in [0.25, 0.3) is 0 Å². The Morgan fingerprint density at radius 3 is 2.18 bits per heavy atom. The zero-order valence-electron chi connectivity index (χ0n) is 15.9. The monoisotopic (exact) mass is 545 g/mol. The zero-order valence-corrected chi connectivity index (χ0v) is 18.3. The summed E-state index contributed by atoms with van der Waals surface area (Å²) in [5.41, 5.74) is 7.11. The second kappa shape index (κ2) is 6.73. The Labute approximate surface area is 177 Å². The molecular formula is C24H20IrN2O+3. The van der Waals surface area contributed by atoms with Crippen molar-refractivity contribution in [3.63, 3.8) is 0 Å². The molecule has 0 amide bonds. The summed E-state index contributed by atoms with van der Waals surface area (Å²) in [5.74, 6) is 0.0747. The number of aryl methyl sites for hydroxylation is 3. The Bertz CT molecular complexity index is 1350. The van der Waals surface area contributed by atoms with Crippen LogP contribution in [0.25, 0.3) is 38.6 Å². The maximum atomic E-state index is 10.9. The number of rotatable bonds is 1. The number of aromatic nitrogens is 2. The molecule has 5 rings (SSSR count). The molecule has 5 aromatic rings. The molecule has 0 fully saturated rings. The molecule has 0 bridgehead atoms. The minimum absolute atomic E-state index is 0. The first-order valence-corrected chi connectivity index (χ1v) is 9.15. The molecule has 0 unspecified atom stereocenters. The molecule has 0 aliphatic carbocycles. The van der Waals surface area contributed by atoms with Crippen LogP contribution in [0.15, 0.2) is 60.7 Å². The Balaban J connectivity index is 0.00000192. The Hall–Kier alpha value is -2.68. The largest absolute Gasteiger partial charge is 3.00 e. The van der Waals surface area contributed by atoms with E-state index in [1.54, 1.807) is 0 Å². The van der Waals surface area contributed by atoms with Crippen LogP contribution in [0.1, 0.15) is 16.7 Å². The molecule has 0 saturated heterocycles. The molecule has 1 N–H and O–H groups in total. The summed E-state index contributed by atoms with van der Waals surface area (Å²) in [6, 6.07) is 20.9. The van der Waals surface area contributed by atoms with Crippen molar-refractivity contribution in [1.29, 1.82) is 0 Å². The van der Waals surface area contributed by atoms with E-state index in [-0.39, 0.29) is 26.0 Å². The van der Waals surface area contributed by atoms with Crippen LogP contribution in [0.3, 0.4) is 0 Å². The van der Waals surface area contributed by atoms with Crippen LogP contribution >= 0.6 is 0 Å². The summed E-state index contributed by atoms with van der Waals surface area (Å²) in [6.07, 6.45) is 0. The van der Waals surface area contributed by atoms with Gasteiger partial charge in [-0.3, -0.25) is 4.40 Å². The van der Waals surface area contributed by atoms with Crippen LogP contribution < -0.4 is 0 Å². The van der Waals surface area contributed by atoms with Gasteiger partial charge >= 0.3 is 20.1 Å². The number of benzene rings is 3. The molecule has 2 aromatic heterocycles. The SMILES string of the molecule is Cc1ccc2c(c1)c1ccccc1c1nc(O)c(-c3c(C)cccc3C)n21.[Ir+3]. The third-order valence-corrected chi connectivity index (χ3v) is 5.43. The van der Waals surface area contributed by atoms with E-state index in [4.69, 9.17) is 0 Å². The molecule has 0 aliphatic heterocycles. The van der Waals surface area contributed by atoms with Gasteiger partial charge in [0.05, 0.1) is 5.52 Å². The van der Waals surface area contributed by atoms with Gasteiger partial charge in [0.2, 0.25) is 5.88 Å². The van der Waals surface area contributed by atoms with E-state index < -0.39 is 0 Å². The van der Waals surface area contributed by atoms with Crippen LogP contribution in [-0.4, -0.2) is 14.5 Å². The van der Waals surface area contributed by atoms with Crippen molar-refractivity contribution in [2.45, 2.75) is 20.8 Å². The molecular weight excluding hydrogens is 524 g/mol. The van der Waals surface area contributed by atoms with E-state index in [0.717, 1.165) is 44.3 Å². The first kappa shape index (κ1) is 18.7. The summed E-state index contributed by atoms with van der Waals surface area (Å²) in [4.78, 5) is 4.59. The van der Waals surface area contributed by atoms with Gasteiger partial charge in [0.1, 0.15) is 11.3 Å². The summed E-state index contributed by atoms with van der Waals surface area (Å²) in [7, 11) is 0. The fourth-order valence-electron chi connectivity index (χ4n) is 4.21. The molecule has 0 atom stereocenters. The Morgan fingerprint density at radius 1 is 0.786 bits per heavy atom. The van der Waals surface area contributed by atoms with E-state index >= 15 is 0 Å². The van der Waals surface area contributed by atoms with Crippen LogP contribution in [0.4, 0.5) is 0 Å². The topological polar surface area (TPSA) is 37.5 Å². The van der Waals surface area contributed by atoms with Crippen molar-refractivity contribution in [3.8, 4) is 17.1 Å². The van der Waals surface area contributed by atoms with E-state index in [1.807, 2.05) is 12.1 Å². The third-order valence-electron chi connectivity index (χ3n) is 5.43. The van der Waals surface area contributed by atoms with Gasteiger partial charge in [-0.2, -0.15) is 4.98 Å². The number of hydrogen-bond donors (Lipinski definition) is 1. The minimum atomic E-state index is 0. The predicted molar refractivity (Wildman–Crippen MR) is 112 cm³/mol. The standard InChI is InChI=1S/C24H20N2O.Ir/c1-14-11-12-20-19(13-14)17-9-4-5-10-18(17)23-25-24(27)22(26(20)23)21-15(2)7-6-8-16(21)3;/h4-13,27H,1-3H3;/q;+3. The molecule has 138 valence electrons. The van der Waals surface area contributed by atoms with Crippen molar-refractivity contribution in [2.24, 2.45) is 0 Å². The van der Waals surface area contributed by atoms with Gasteiger partial charge in [0.15, 0.2) is 0 Å². The van der Waals surface area contributed by atoms with Crippen LogP contribution in [0.2, 0.25) is 0 Å². The van der Waals surface area contributed by atoms with Gasteiger partial charge in [-0.15, -0.1) is 0 Å². The second-order valence-electron chi connectivity index (χ2n) is 7.28. The summed E-state index contributed by atoms with van der Waals surface area (Å²) < 4.78 is 2.11. The normalized spacial score (nSPS) is 11.2. The van der Waals surface area contributed by atoms with Crippen molar-refractivity contribution in [3.05, 3.63) is 77.4 Å². The van der Waals surface area contributed by atoms with E-state index in [1.165, 1.54) is 10.9 Å². The zero-order chi connectivity index (χ0) is 18.7. The number of imidazole rings is 1. The van der Waals surface area contributed by atoms with Crippen molar-refractivity contribution in [2.75, 3.05) is 0 Å². The van der Waals surface area contributed by atoms with Gasteiger partial charge in [-0.05, 0) is 49.4 Å². The molecule has 3 nitrogen and oxygen atoms in total. The maximum Gasteiger partial charge on any atom is 3.00 e. The first-order valence-electron chi connectivity index (χ1n) is 9.15. The molecule has 0 spiro atoms. The van der Waals surface area contributed by atoms with Crippen LogP contribution in [0.5, 0.6) is 5.88 Å². The van der Waals surface area contributed by atoms with Gasteiger partial charge in [-0.25, -0.2) is 0 Å². The fraction of sp³-hybridized carbons (Fsp3) is 0.125. The van der Waals surface area contributed by atoms with Gasteiger partial charge in [-0.1, -0.05) is 54.1 Å². The maximum absolute atomic E-state index is 10.9. The van der Waals surface area contributed by atoms with E-state index in [2.05, 4.69) is 78.7 Å². The number of nitrogens with zero attached hydrogens (tertiary/aromatic N) is 2. The smallest absolute Gasteiger partial charge is 0.492 e. The molecule has 0 saturated carbocycles. The minimum Gasteiger partial charge on any atom is -0.492 e. The van der Waals surface area contributed by atoms with Gasteiger partial charge in [0, 0.05) is 16.3 Å². The Kier molecular flexibility index (Phi) is 4.49. The molecule has 2 heterocycles. The summed E-state index contributed by atoms with van der Waals surface area (Å²) in [6.45, 7) is 6.26. The summed E-state index contributed by atoms with van der Waals surface area (Å²) >= 11 is 0. The van der Waals surface area contributed by atoms with Crippen molar-refractivity contribution in [1.82, 2.24) is 9.38 Å². The molecule has 4 heteroatoms. The van der Waals surface area contributed by atoms with Crippen molar-refractivity contribution >= 4 is 27.3 Å². The van der Waals surface area contributed by atoms with Crippen molar-refractivity contribution < 1.29 is 25.2 Å². The molecule has 0 radical (unpaired) electrons. The predicted octanol–water partition coefficient (Wildman–Crippen LogP) is 5.94. The number of pyridine rings is 1. The first-order chi connectivity index (χ1) is 13.1. The molecule has 0 aliphatic rings. The van der Waals surface area contributed by atoms with Crippen LogP contribution in [-0.2, 0) is 20.1 Å². The van der Waals surface area contributed by atoms with Crippen LogP contribution in [0, 0.1) is 20.8 Å². The number of hydrogen-bond acceptors (Lipinski definition) is 2. The summed E-state index contributed by atoms with van der Waals surface area (Å²) in [5, 5.41) is 14.2. The average molecular weight is 545 g/mol. The third kappa shape index (κ3) is 2.56. The number of fused-ring (bicyclic) bond motifs is 6.